The minimum absolute atomic E-state index is 0.225. The molecule has 1 aromatic heterocycles. The zero-order chi connectivity index (χ0) is 12.8. The summed E-state index contributed by atoms with van der Waals surface area (Å²) in [5.41, 5.74) is 1.75. The number of aromatic nitrogens is 3. The minimum atomic E-state index is 0.225. The van der Waals surface area contributed by atoms with E-state index >= 15 is 0 Å². The third-order valence-corrected chi connectivity index (χ3v) is 3.11. The largest absolute Gasteiger partial charge is 0.384 e. The van der Waals surface area contributed by atoms with Crippen molar-refractivity contribution in [2.45, 2.75) is 38.3 Å². The van der Waals surface area contributed by atoms with Crippen LogP contribution in [0.2, 0.25) is 0 Å². The zero-order valence-corrected chi connectivity index (χ0v) is 10.6. The Kier molecular flexibility index (Phi) is 4.67. The number of ether oxygens (including phenoxy) is 2. The standard InChI is InChI=1S/C12H18N4O2/c1-17-8-5-12-11(4-6-13)14-15-16(12)9-10-3-2-7-18-10/h10H,2-5,7-9H2,1H3. The van der Waals surface area contributed by atoms with Crippen molar-refractivity contribution in [1.82, 2.24) is 15.0 Å². The molecule has 6 nitrogen and oxygen atoms in total. The van der Waals surface area contributed by atoms with Crippen LogP contribution in [0.4, 0.5) is 0 Å². The highest BCUT2D eigenvalue weighted by molar-refractivity contribution is 5.14. The Hall–Kier alpha value is -1.45. The lowest BCUT2D eigenvalue weighted by atomic mass is 10.2. The fourth-order valence-electron chi connectivity index (χ4n) is 2.18. The highest BCUT2D eigenvalue weighted by Crippen LogP contribution is 2.16. The average molecular weight is 250 g/mol. The summed E-state index contributed by atoms with van der Waals surface area (Å²) in [5.74, 6) is 0. The molecule has 0 spiro atoms. The van der Waals surface area contributed by atoms with Crippen LogP contribution in [-0.4, -0.2) is 41.4 Å². The Labute approximate surface area is 106 Å². The van der Waals surface area contributed by atoms with Crippen LogP contribution in [0.15, 0.2) is 0 Å². The van der Waals surface area contributed by atoms with Crippen LogP contribution in [0.25, 0.3) is 0 Å². The van der Waals surface area contributed by atoms with Crippen LogP contribution in [0.1, 0.15) is 24.2 Å². The Morgan fingerprint density at radius 3 is 3.17 bits per heavy atom. The van der Waals surface area contributed by atoms with E-state index < -0.39 is 0 Å². The van der Waals surface area contributed by atoms with Crippen molar-refractivity contribution in [3.05, 3.63) is 11.4 Å². The van der Waals surface area contributed by atoms with Gasteiger partial charge in [-0.05, 0) is 12.8 Å². The number of hydrogen-bond donors (Lipinski definition) is 0. The summed E-state index contributed by atoms with van der Waals surface area (Å²) in [6.07, 6.45) is 3.43. The molecule has 0 amide bonds. The molecular formula is C12H18N4O2. The third-order valence-electron chi connectivity index (χ3n) is 3.11. The van der Waals surface area contributed by atoms with Crippen molar-refractivity contribution in [2.24, 2.45) is 0 Å². The van der Waals surface area contributed by atoms with Gasteiger partial charge >= 0.3 is 0 Å². The van der Waals surface area contributed by atoms with Gasteiger partial charge in [0.2, 0.25) is 0 Å². The molecule has 98 valence electrons. The summed E-state index contributed by atoms with van der Waals surface area (Å²) in [6.45, 7) is 2.16. The number of hydrogen-bond acceptors (Lipinski definition) is 5. The Morgan fingerprint density at radius 1 is 1.61 bits per heavy atom. The first-order valence-corrected chi connectivity index (χ1v) is 6.24. The number of methoxy groups -OCH3 is 1. The normalized spacial score (nSPS) is 19.0. The van der Waals surface area contributed by atoms with Gasteiger partial charge in [-0.25, -0.2) is 4.68 Å². The van der Waals surface area contributed by atoms with E-state index in [4.69, 9.17) is 14.7 Å². The van der Waals surface area contributed by atoms with Gasteiger partial charge in [0.25, 0.3) is 0 Å². The Balaban J connectivity index is 2.09. The van der Waals surface area contributed by atoms with Crippen LogP contribution in [0.3, 0.4) is 0 Å². The molecule has 2 rings (SSSR count). The number of nitriles is 1. The molecule has 1 aromatic rings. The highest BCUT2D eigenvalue weighted by atomic mass is 16.5. The van der Waals surface area contributed by atoms with Gasteiger partial charge in [0.1, 0.15) is 5.69 Å². The second-order valence-electron chi connectivity index (χ2n) is 4.38. The van der Waals surface area contributed by atoms with Crippen molar-refractivity contribution in [1.29, 1.82) is 5.26 Å². The van der Waals surface area contributed by atoms with Crippen LogP contribution in [-0.2, 0) is 28.9 Å². The van der Waals surface area contributed by atoms with Gasteiger partial charge in [0, 0.05) is 20.1 Å². The average Bonchev–Trinajstić information content (AvgIpc) is 2.99. The van der Waals surface area contributed by atoms with Gasteiger partial charge in [-0.15, -0.1) is 5.10 Å². The van der Waals surface area contributed by atoms with E-state index in [0.717, 1.165) is 43.8 Å². The van der Waals surface area contributed by atoms with E-state index in [9.17, 15) is 0 Å². The van der Waals surface area contributed by atoms with Gasteiger partial charge in [-0.1, -0.05) is 5.21 Å². The lowest BCUT2D eigenvalue weighted by molar-refractivity contribution is 0.0922. The zero-order valence-electron chi connectivity index (χ0n) is 10.6. The molecule has 6 heteroatoms. The van der Waals surface area contributed by atoms with Gasteiger partial charge in [0.15, 0.2) is 0 Å². The molecular weight excluding hydrogens is 232 g/mol. The summed E-state index contributed by atoms with van der Waals surface area (Å²) in [5, 5.41) is 17.0. The number of nitrogens with zero attached hydrogens (tertiary/aromatic N) is 4. The molecule has 1 saturated heterocycles. The van der Waals surface area contributed by atoms with Gasteiger partial charge in [-0.3, -0.25) is 0 Å². The summed E-state index contributed by atoms with van der Waals surface area (Å²) in [7, 11) is 1.66. The van der Waals surface area contributed by atoms with Crippen molar-refractivity contribution in [3.63, 3.8) is 0 Å². The lowest BCUT2D eigenvalue weighted by Gasteiger charge is -2.11. The molecule has 1 aliphatic rings. The van der Waals surface area contributed by atoms with Gasteiger partial charge in [0.05, 0.1) is 37.4 Å². The van der Waals surface area contributed by atoms with E-state index in [-0.39, 0.29) is 6.10 Å². The second-order valence-corrected chi connectivity index (χ2v) is 4.38. The van der Waals surface area contributed by atoms with E-state index in [1.54, 1.807) is 7.11 Å². The molecule has 1 fully saturated rings. The van der Waals surface area contributed by atoms with E-state index in [1.807, 2.05) is 4.68 Å². The maximum atomic E-state index is 8.78. The van der Waals surface area contributed by atoms with Gasteiger partial charge in [-0.2, -0.15) is 5.26 Å². The molecule has 0 bridgehead atoms. The van der Waals surface area contributed by atoms with Crippen molar-refractivity contribution >= 4 is 0 Å². The van der Waals surface area contributed by atoms with E-state index in [0.29, 0.717) is 13.0 Å². The van der Waals surface area contributed by atoms with Crippen LogP contribution in [0, 0.1) is 11.3 Å². The predicted octanol–water partition coefficient (Wildman–Crippen LogP) is 0.712. The van der Waals surface area contributed by atoms with Crippen LogP contribution < -0.4 is 0 Å². The predicted molar refractivity (Wildman–Crippen MR) is 63.9 cm³/mol. The lowest BCUT2D eigenvalue weighted by Crippen LogP contribution is -2.19. The van der Waals surface area contributed by atoms with Gasteiger partial charge < -0.3 is 9.47 Å². The highest BCUT2D eigenvalue weighted by Gasteiger charge is 2.20. The molecule has 0 saturated carbocycles. The minimum Gasteiger partial charge on any atom is -0.384 e. The summed E-state index contributed by atoms with van der Waals surface area (Å²) < 4.78 is 12.6. The molecule has 2 heterocycles. The fraction of sp³-hybridized carbons (Fsp3) is 0.750. The molecule has 0 aliphatic carbocycles. The number of rotatable bonds is 6. The quantitative estimate of drug-likeness (QED) is 0.743. The topological polar surface area (TPSA) is 73.0 Å². The van der Waals surface area contributed by atoms with E-state index in [1.165, 1.54) is 0 Å². The summed E-state index contributed by atoms with van der Waals surface area (Å²) in [6, 6.07) is 2.12. The Morgan fingerprint density at radius 2 is 2.50 bits per heavy atom. The molecule has 18 heavy (non-hydrogen) atoms. The van der Waals surface area contributed by atoms with Crippen LogP contribution >= 0.6 is 0 Å². The van der Waals surface area contributed by atoms with Crippen molar-refractivity contribution < 1.29 is 9.47 Å². The first kappa shape index (κ1) is 13.0. The second kappa shape index (κ2) is 6.47. The van der Waals surface area contributed by atoms with Crippen molar-refractivity contribution in [3.8, 4) is 6.07 Å². The first-order chi connectivity index (χ1) is 8.85. The monoisotopic (exact) mass is 250 g/mol. The fourth-order valence-corrected chi connectivity index (χ4v) is 2.18. The van der Waals surface area contributed by atoms with Crippen LogP contribution in [0.5, 0.6) is 0 Å². The Bertz CT molecular complexity index is 418. The molecule has 0 radical (unpaired) electrons. The van der Waals surface area contributed by atoms with Crippen molar-refractivity contribution in [2.75, 3.05) is 20.3 Å². The maximum Gasteiger partial charge on any atom is 0.100 e. The maximum absolute atomic E-state index is 8.78. The molecule has 1 aliphatic heterocycles. The molecule has 0 N–H and O–H groups in total. The third kappa shape index (κ3) is 3.06. The molecule has 1 unspecified atom stereocenters. The SMILES string of the molecule is COCCc1c(CC#N)nnn1CC1CCCO1. The summed E-state index contributed by atoms with van der Waals surface area (Å²) in [4.78, 5) is 0. The smallest absolute Gasteiger partial charge is 0.100 e. The molecule has 0 aromatic carbocycles. The summed E-state index contributed by atoms with van der Waals surface area (Å²) >= 11 is 0. The van der Waals surface area contributed by atoms with E-state index in [2.05, 4.69) is 16.4 Å². The molecule has 1 atom stereocenters. The first-order valence-electron chi connectivity index (χ1n) is 6.24.